The molecular formula is C14H13BrN2O2. The maximum Gasteiger partial charge on any atom is 0.148 e. The van der Waals surface area contributed by atoms with E-state index in [4.69, 9.17) is 5.11 Å². The number of aliphatic hydroxyl groups is 1. The summed E-state index contributed by atoms with van der Waals surface area (Å²) in [6, 6.07) is 10.9. The largest absolute Gasteiger partial charge is 0.505 e. The Morgan fingerprint density at radius 1 is 1.11 bits per heavy atom. The van der Waals surface area contributed by atoms with Gasteiger partial charge in [0.2, 0.25) is 0 Å². The number of phenols is 1. The van der Waals surface area contributed by atoms with Crippen molar-refractivity contribution in [3.05, 3.63) is 52.0 Å². The van der Waals surface area contributed by atoms with E-state index in [1.165, 1.54) is 0 Å². The smallest absolute Gasteiger partial charge is 0.148 e. The Kier molecular flexibility index (Phi) is 4.29. The number of hydrogen-bond donors (Lipinski definition) is 2. The molecule has 5 heteroatoms. The third-order valence-electron chi connectivity index (χ3n) is 2.61. The Hall–Kier alpha value is -1.72. The zero-order chi connectivity index (χ0) is 13.8. The van der Waals surface area contributed by atoms with Crippen molar-refractivity contribution in [1.29, 1.82) is 0 Å². The van der Waals surface area contributed by atoms with Crippen molar-refractivity contribution >= 4 is 27.3 Å². The topological polar surface area (TPSA) is 65.2 Å². The van der Waals surface area contributed by atoms with E-state index in [-0.39, 0.29) is 12.4 Å². The summed E-state index contributed by atoms with van der Waals surface area (Å²) in [5.74, 6) is -0.0541. The number of halogens is 1. The van der Waals surface area contributed by atoms with Crippen molar-refractivity contribution in [2.45, 2.75) is 13.5 Å². The average molecular weight is 321 g/mol. The van der Waals surface area contributed by atoms with Crippen molar-refractivity contribution in [1.82, 2.24) is 0 Å². The Bertz CT molecular complexity index is 610. The number of benzene rings is 2. The number of nitrogens with zero attached hydrogens (tertiary/aromatic N) is 2. The first-order valence-corrected chi connectivity index (χ1v) is 6.50. The highest BCUT2D eigenvalue weighted by atomic mass is 79.9. The predicted molar refractivity (Wildman–Crippen MR) is 77.1 cm³/mol. The van der Waals surface area contributed by atoms with Crippen LogP contribution in [0.5, 0.6) is 5.75 Å². The van der Waals surface area contributed by atoms with Gasteiger partial charge in [0.05, 0.1) is 12.3 Å². The molecule has 0 fully saturated rings. The third kappa shape index (κ3) is 3.39. The van der Waals surface area contributed by atoms with Crippen LogP contribution >= 0.6 is 15.9 Å². The average Bonchev–Trinajstić information content (AvgIpc) is 2.41. The number of aliphatic hydroxyl groups excluding tert-OH is 1. The summed E-state index contributed by atoms with van der Waals surface area (Å²) in [4.78, 5) is 0. The minimum atomic E-state index is -0.252. The molecule has 2 N–H and O–H groups in total. The lowest BCUT2D eigenvalue weighted by Crippen LogP contribution is -1.84. The monoisotopic (exact) mass is 320 g/mol. The molecule has 2 rings (SSSR count). The van der Waals surface area contributed by atoms with E-state index in [1.807, 2.05) is 31.2 Å². The van der Waals surface area contributed by atoms with Gasteiger partial charge in [0.1, 0.15) is 11.4 Å². The molecule has 98 valence electrons. The van der Waals surface area contributed by atoms with Gasteiger partial charge in [0.25, 0.3) is 0 Å². The molecular weight excluding hydrogens is 308 g/mol. The first kappa shape index (κ1) is 13.7. The number of rotatable bonds is 3. The molecule has 0 radical (unpaired) electrons. The van der Waals surface area contributed by atoms with Gasteiger partial charge in [-0.3, -0.25) is 0 Å². The van der Waals surface area contributed by atoms with Gasteiger partial charge in [-0.1, -0.05) is 33.6 Å². The minimum absolute atomic E-state index is 0.0541. The van der Waals surface area contributed by atoms with Crippen LogP contribution in [0.15, 0.2) is 51.1 Å². The normalized spacial score (nSPS) is 11.1. The molecule has 0 aromatic heterocycles. The summed E-state index contributed by atoms with van der Waals surface area (Å²) in [6.07, 6.45) is 0. The van der Waals surface area contributed by atoms with Crippen LogP contribution in [0.3, 0.4) is 0 Å². The van der Waals surface area contributed by atoms with Gasteiger partial charge in [0, 0.05) is 10.0 Å². The fourth-order valence-corrected chi connectivity index (χ4v) is 2.05. The molecule has 0 aliphatic heterocycles. The second kappa shape index (κ2) is 5.95. The van der Waals surface area contributed by atoms with Crippen molar-refractivity contribution in [2.75, 3.05) is 0 Å². The highest BCUT2D eigenvalue weighted by Crippen LogP contribution is 2.35. The molecule has 0 unspecified atom stereocenters. The standard InChI is InChI=1S/C14H13BrN2O2/c1-9-2-4-12(5-3-9)16-17-13-7-11(15)6-10(8-18)14(13)19/h2-7,18-19H,8H2,1H3. The van der Waals surface area contributed by atoms with E-state index < -0.39 is 0 Å². The highest BCUT2D eigenvalue weighted by Gasteiger charge is 2.08. The van der Waals surface area contributed by atoms with Crippen LogP contribution in [0.25, 0.3) is 0 Å². The van der Waals surface area contributed by atoms with Gasteiger partial charge >= 0.3 is 0 Å². The SMILES string of the molecule is Cc1ccc(N=Nc2cc(Br)cc(CO)c2O)cc1. The van der Waals surface area contributed by atoms with E-state index in [2.05, 4.69) is 26.2 Å². The van der Waals surface area contributed by atoms with E-state index in [1.54, 1.807) is 12.1 Å². The fourth-order valence-electron chi connectivity index (χ4n) is 1.56. The number of aromatic hydroxyl groups is 1. The molecule has 4 nitrogen and oxygen atoms in total. The van der Waals surface area contributed by atoms with Crippen LogP contribution in [0.2, 0.25) is 0 Å². The van der Waals surface area contributed by atoms with Crippen LogP contribution in [-0.2, 0) is 6.61 Å². The van der Waals surface area contributed by atoms with Crippen molar-refractivity contribution in [2.24, 2.45) is 10.2 Å². The maximum absolute atomic E-state index is 9.90. The van der Waals surface area contributed by atoms with Crippen LogP contribution < -0.4 is 0 Å². The summed E-state index contributed by atoms with van der Waals surface area (Å²) >= 11 is 3.30. The molecule has 0 saturated heterocycles. The number of azo groups is 1. The second-order valence-corrected chi connectivity index (χ2v) is 5.04. The summed E-state index contributed by atoms with van der Waals surface area (Å²) in [6.45, 7) is 1.74. The van der Waals surface area contributed by atoms with Crippen molar-refractivity contribution in [3.8, 4) is 5.75 Å². The Morgan fingerprint density at radius 2 is 1.79 bits per heavy atom. The Morgan fingerprint density at radius 3 is 2.42 bits per heavy atom. The van der Waals surface area contributed by atoms with Crippen molar-refractivity contribution < 1.29 is 10.2 Å². The molecule has 2 aromatic carbocycles. The van der Waals surface area contributed by atoms with Gasteiger partial charge in [0.15, 0.2) is 0 Å². The molecule has 0 aliphatic carbocycles. The first-order chi connectivity index (χ1) is 9.10. The summed E-state index contributed by atoms with van der Waals surface area (Å²) in [5, 5.41) is 27.1. The Balaban J connectivity index is 2.32. The lowest BCUT2D eigenvalue weighted by molar-refractivity contribution is 0.275. The fraction of sp³-hybridized carbons (Fsp3) is 0.143. The van der Waals surface area contributed by atoms with Crippen molar-refractivity contribution in [3.63, 3.8) is 0 Å². The lowest BCUT2D eigenvalue weighted by atomic mass is 10.2. The molecule has 0 heterocycles. The molecule has 0 amide bonds. The maximum atomic E-state index is 9.90. The van der Waals surface area contributed by atoms with Crippen LogP contribution in [0.4, 0.5) is 11.4 Å². The zero-order valence-electron chi connectivity index (χ0n) is 10.3. The summed E-state index contributed by atoms with van der Waals surface area (Å²) < 4.78 is 0.729. The van der Waals surface area contributed by atoms with Gasteiger partial charge < -0.3 is 10.2 Å². The molecule has 0 atom stereocenters. The van der Waals surface area contributed by atoms with E-state index in [9.17, 15) is 5.11 Å². The molecule has 0 saturated carbocycles. The molecule has 0 bridgehead atoms. The number of hydrogen-bond acceptors (Lipinski definition) is 4. The van der Waals surface area contributed by atoms with Gasteiger partial charge in [-0.15, -0.1) is 5.11 Å². The van der Waals surface area contributed by atoms with Crippen LogP contribution in [0, 0.1) is 6.92 Å². The van der Waals surface area contributed by atoms with E-state index in [0.717, 1.165) is 10.0 Å². The third-order valence-corrected chi connectivity index (χ3v) is 3.07. The molecule has 19 heavy (non-hydrogen) atoms. The molecule has 2 aromatic rings. The molecule has 0 spiro atoms. The van der Waals surface area contributed by atoms with E-state index >= 15 is 0 Å². The summed E-state index contributed by atoms with van der Waals surface area (Å²) in [5.41, 5.74) is 2.58. The Labute approximate surface area is 119 Å². The van der Waals surface area contributed by atoms with Gasteiger partial charge in [-0.25, -0.2) is 0 Å². The van der Waals surface area contributed by atoms with E-state index in [0.29, 0.717) is 16.9 Å². The second-order valence-electron chi connectivity index (χ2n) is 4.13. The first-order valence-electron chi connectivity index (χ1n) is 5.71. The minimum Gasteiger partial charge on any atom is -0.505 e. The van der Waals surface area contributed by atoms with Gasteiger partial charge in [-0.2, -0.15) is 5.11 Å². The zero-order valence-corrected chi connectivity index (χ0v) is 11.9. The predicted octanol–water partition coefficient (Wildman–Crippen LogP) is 4.37. The molecule has 0 aliphatic rings. The lowest BCUT2D eigenvalue weighted by Gasteiger charge is -2.04. The van der Waals surface area contributed by atoms with Crippen LogP contribution in [0.1, 0.15) is 11.1 Å². The van der Waals surface area contributed by atoms with Crippen LogP contribution in [-0.4, -0.2) is 10.2 Å². The highest BCUT2D eigenvalue weighted by molar-refractivity contribution is 9.10. The van der Waals surface area contributed by atoms with Gasteiger partial charge in [-0.05, 0) is 31.2 Å². The summed E-state index contributed by atoms with van der Waals surface area (Å²) in [7, 11) is 0. The quantitative estimate of drug-likeness (QED) is 0.824. The number of aryl methyl sites for hydroxylation is 1.